The van der Waals surface area contributed by atoms with Crippen molar-refractivity contribution in [3.05, 3.63) is 52.1 Å². The second-order valence-corrected chi connectivity index (χ2v) is 5.46. The number of hydrogen-bond donors (Lipinski definition) is 0. The number of halogens is 1. The molecule has 0 aliphatic carbocycles. The number of rotatable bonds is 1. The van der Waals surface area contributed by atoms with Crippen LogP contribution in [0, 0.1) is 6.92 Å². The Hall–Kier alpha value is -1.81. The number of carbonyl (C=O) groups excluding carboxylic acids is 1. The first-order valence-electron chi connectivity index (χ1n) is 6.63. The van der Waals surface area contributed by atoms with Crippen molar-refractivity contribution in [2.75, 3.05) is 6.54 Å². The lowest BCUT2D eigenvalue weighted by Crippen LogP contribution is -2.37. The van der Waals surface area contributed by atoms with Crippen molar-refractivity contribution >= 4 is 17.5 Å². The summed E-state index contributed by atoms with van der Waals surface area (Å²) in [5.41, 5.74) is 3.81. The van der Waals surface area contributed by atoms with Gasteiger partial charge in [0.1, 0.15) is 0 Å². The van der Waals surface area contributed by atoms with Crippen LogP contribution in [0.2, 0.25) is 5.28 Å². The highest BCUT2D eigenvalue weighted by Crippen LogP contribution is 2.23. The highest BCUT2D eigenvalue weighted by Gasteiger charge is 2.26. The molecule has 20 heavy (non-hydrogen) atoms. The number of hydrogen-bond acceptors (Lipinski definition) is 2. The van der Waals surface area contributed by atoms with Crippen LogP contribution in [0.1, 0.15) is 27.3 Å². The molecule has 2 aromatic rings. The number of imidazole rings is 1. The number of aromatic nitrogens is 2. The number of amides is 1. The van der Waals surface area contributed by atoms with E-state index in [4.69, 9.17) is 11.6 Å². The van der Waals surface area contributed by atoms with Crippen LogP contribution in [-0.4, -0.2) is 26.9 Å². The summed E-state index contributed by atoms with van der Waals surface area (Å²) in [7, 11) is 1.88. The minimum Gasteiger partial charge on any atom is -0.332 e. The Kier molecular flexibility index (Phi) is 3.26. The van der Waals surface area contributed by atoms with E-state index in [0.29, 0.717) is 18.4 Å². The summed E-state index contributed by atoms with van der Waals surface area (Å²) < 4.78 is 1.86. The Morgan fingerprint density at radius 1 is 1.35 bits per heavy atom. The minimum atomic E-state index is 0.0751. The first kappa shape index (κ1) is 13.2. The van der Waals surface area contributed by atoms with E-state index in [1.807, 2.05) is 47.7 Å². The maximum atomic E-state index is 12.6. The van der Waals surface area contributed by atoms with Gasteiger partial charge in [-0.3, -0.25) is 4.79 Å². The zero-order chi connectivity index (χ0) is 14.3. The molecular weight excluding hydrogens is 274 g/mol. The lowest BCUT2D eigenvalue weighted by molar-refractivity contribution is 0.0729. The van der Waals surface area contributed by atoms with Gasteiger partial charge in [0.2, 0.25) is 5.28 Å². The molecule has 0 fully saturated rings. The fraction of sp³-hybridized carbons (Fsp3) is 0.333. The van der Waals surface area contributed by atoms with Crippen molar-refractivity contribution in [1.82, 2.24) is 14.5 Å². The van der Waals surface area contributed by atoms with E-state index in [-0.39, 0.29) is 5.91 Å². The third kappa shape index (κ3) is 2.10. The third-order valence-corrected chi connectivity index (χ3v) is 4.20. The predicted octanol–water partition coefficient (Wildman–Crippen LogP) is 2.58. The second-order valence-electron chi connectivity index (χ2n) is 5.12. The molecule has 3 rings (SSSR count). The van der Waals surface area contributed by atoms with Crippen LogP contribution in [0.5, 0.6) is 0 Å². The van der Waals surface area contributed by atoms with E-state index in [1.54, 1.807) is 0 Å². The third-order valence-electron chi connectivity index (χ3n) is 3.86. The summed E-state index contributed by atoms with van der Waals surface area (Å²) in [6.45, 7) is 3.22. The molecule has 5 heteroatoms. The highest BCUT2D eigenvalue weighted by atomic mass is 35.5. The van der Waals surface area contributed by atoms with Crippen molar-refractivity contribution in [1.29, 1.82) is 0 Å². The zero-order valence-electron chi connectivity index (χ0n) is 11.6. The Morgan fingerprint density at radius 3 is 2.85 bits per heavy atom. The molecule has 1 amide bonds. The summed E-state index contributed by atoms with van der Waals surface area (Å²) in [5.74, 6) is 0.0751. The average Bonchev–Trinajstić information content (AvgIpc) is 2.74. The number of carbonyl (C=O) groups is 1. The van der Waals surface area contributed by atoms with Crippen molar-refractivity contribution < 1.29 is 4.79 Å². The van der Waals surface area contributed by atoms with Gasteiger partial charge in [0.15, 0.2) is 0 Å². The monoisotopic (exact) mass is 289 g/mol. The van der Waals surface area contributed by atoms with Crippen molar-refractivity contribution in [2.24, 2.45) is 7.05 Å². The van der Waals surface area contributed by atoms with Gasteiger partial charge in [-0.25, -0.2) is 4.98 Å². The van der Waals surface area contributed by atoms with E-state index in [1.165, 1.54) is 0 Å². The molecule has 0 saturated carbocycles. The minimum absolute atomic E-state index is 0.0751. The van der Waals surface area contributed by atoms with Crippen LogP contribution >= 0.6 is 11.6 Å². The summed E-state index contributed by atoms with van der Waals surface area (Å²) in [6.07, 6.45) is 0.757. The van der Waals surface area contributed by atoms with E-state index in [2.05, 4.69) is 4.98 Å². The normalized spacial score (nSPS) is 14.2. The molecule has 1 aromatic carbocycles. The summed E-state index contributed by atoms with van der Waals surface area (Å²) >= 11 is 6.04. The number of nitrogens with zero attached hydrogens (tertiary/aromatic N) is 3. The molecule has 0 saturated heterocycles. The van der Waals surface area contributed by atoms with E-state index >= 15 is 0 Å². The molecule has 1 aromatic heterocycles. The highest BCUT2D eigenvalue weighted by molar-refractivity contribution is 6.28. The van der Waals surface area contributed by atoms with E-state index in [0.717, 1.165) is 28.9 Å². The Balaban J connectivity index is 1.89. The largest absolute Gasteiger partial charge is 0.332 e. The van der Waals surface area contributed by atoms with Crippen molar-refractivity contribution in [3.8, 4) is 0 Å². The van der Waals surface area contributed by atoms with Gasteiger partial charge in [0, 0.05) is 25.6 Å². The molecule has 0 spiro atoms. The van der Waals surface area contributed by atoms with Gasteiger partial charge in [-0.2, -0.15) is 0 Å². The standard InChI is InChI=1S/C15H16ClN3O/c1-10-5-3-4-6-11(10)14(20)19-8-7-12-13(9-19)18(2)15(16)17-12/h3-6H,7-9H2,1-2H3. The fourth-order valence-electron chi connectivity index (χ4n) is 2.61. The molecule has 0 bridgehead atoms. The Labute approximate surface area is 123 Å². The first-order chi connectivity index (χ1) is 9.58. The van der Waals surface area contributed by atoms with Crippen LogP contribution in [0.3, 0.4) is 0 Å². The van der Waals surface area contributed by atoms with Crippen molar-refractivity contribution in [3.63, 3.8) is 0 Å². The van der Waals surface area contributed by atoms with E-state index < -0.39 is 0 Å². The average molecular weight is 290 g/mol. The topological polar surface area (TPSA) is 38.1 Å². The molecule has 0 unspecified atom stereocenters. The van der Waals surface area contributed by atoms with Gasteiger partial charge in [0.25, 0.3) is 5.91 Å². The van der Waals surface area contributed by atoms with Crippen LogP contribution in [0.15, 0.2) is 24.3 Å². The molecular formula is C15H16ClN3O. The maximum Gasteiger partial charge on any atom is 0.254 e. The SMILES string of the molecule is Cc1ccccc1C(=O)N1CCc2nc(Cl)n(C)c2C1. The van der Waals surface area contributed by atoms with Gasteiger partial charge in [-0.15, -0.1) is 0 Å². The first-order valence-corrected chi connectivity index (χ1v) is 7.00. The molecule has 0 N–H and O–H groups in total. The lowest BCUT2D eigenvalue weighted by Gasteiger charge is -2.27. The van der Waals surface area contributed by atoms with Gasteiger partial charge in [-0.05, 0) is 30.2 Å². The van der Waals surface area contributed by atoms with Gasteiger partial charge in [0.05, 0.1) is 17.9 Å². The predicted molar refractivity (Wildman–Crippen MR) is 77.8 cm³/mol. The van der Waals surface area contributed by atoms with Gasteiger partial charge in [-0.1, -0.05) is 18.2 Å². The molecule has 0 atom stereocenters. The molecule has 0 radical (unpaired) electrons. The fourth-order valence-corrected chi connectivity index (χ4v) is 2.81. The quantitative estimate of drug-likeness (QED) is 0.809. The maximum absolute atomic E-state index is 12.6. The van der Waals surface area contributed by atoms with Crippen LogP contribution in [0.25, 0.3) is 0 Å². The van der Waals surface area contributed by atoms with E-state index in [9.17, 15) is 4.79 Å². The lowest BCUT2D eigenvalue weighted by atomic mass is 10.1. The molecule has 1 aliphatic heterocycles. The second kappa shape index (κ2) is 4.94. The van der Waals surface area contributed by atoms with Gasteiger partial charge < -0.3 is 9.47 Å². The summed E-state index contributed by atoms with van der Waals surface area (Å²) in [6, 6.07) is 7.69. The molecule has 2 heterocycles. The van der Waals surface area contributed by atoms with Crippen LogP contribution in [0.4, 0.5) is 0 Å². The Morgan fingerprint density at radius 2 is 2.10 bits per heavy atom. The molecule has 104 valence electrons. The number of benzene rings is 1. The summed E-state index contributed by atoms with van der Waals surface area (Å²) in [4.78, 5) is 18.8. The van der Waals surface area contributed by atoms with Crippen LogP contribution in [-0.2, 0) is 20.0 Å². The van der Waals surface area contributed by atoms with Gasteiger partial charge >= 0.3 is 0 Å². The Bertz CT molecular complexity index is 678. The molecule has 1 aliphatic rings. The van der Waals surface area contributed by atoms with Crippen molar-refractivity contribution in [2.45, 2.75) is 19.9 Å². The summed E-state index contributed by atoms with van der Waals surface area (Å²) in [5, 5.41) is 0.486. The number of fused-ring (bicyclic) bond motifs is 1. The number of aryl methyl sites for hydroxylation is 1. The zero-order valence-corrected chi connectivity index (χ0v) is 12.3. The van der Waals surface area contributed by atoms with Crippen LogP contribution < -0.4 is 0 Å². The molecule has 4 nitrogen and oxygen atoms in total. The smallest absolute Gasteiger partial charge is 0.254 e.